The van der Waals surface area contributed by atoms with Crippen LogP contribution in [0.5, 0.6) is 0 Å². The highest BCUT2D eigenvalue weighted by atomic mass is 35.5. The van der Waals surface area contributed by atoms with Crippen LogP contribution in [-0.2, 0) is 0 Å². The zero-order valence-corrected chi connectivity index (χ0v) is 11.1. The number of carboxylic acid groups (broad SMARTS) is 2. The molecule has 0 unspecified atom stereocenters. The maximum atomic E-state index is 10.4. The van der Waals surface area contributed by atoms with Crippen molar-refractivity contribution < 1.29 is 25.5 Å². The summed E-state index contributed by atoms with van der Waals surface area (Å²) >= 11 is 5.58. The number of carboxylic acids is 2. The van der Waals surface area contributed by atoms with Gasteiger partial charge in [-0.1, -0.05) is 29.8 Å². The van der Waals surface area contributed by atoms with Crippen molar-refractivity contribution in [3.63, 3.8) is 0 Å². The molecule has 0 atom stereocenters. The highest BCUT2D eigenvalue weighted by Crippen LogP contribution is 2.08. The Hall–Kier alpha value is -2.37. The van der Waals surface area contributed by atoms with E-state index in [2.05, 4.69) is 5.73 Å². The molecule has 5 nitrogen and oxygen atoms in total. The van der Waals surface area contributed by atoms with Gasteiger partial charge < -0.3 is 20.7 Å². The molecule has 0 spiro atoms. The summed E-state index contributed by atoms with van der Waals surface area (Å²) in [5, 5.41) is 19.6. The molecule has 0 aliphatic rings. The molecular weight excluding hydrogens is 282 g/mol. The lowest BCUT2D eigenvalue weighted by atomic mass is 10.1. The van der Waals surface area contributed by atoms with E-state index in [1.54, 1.807) is 0 Å². The summed E-state index contributed by atoms with van der Waals surface area (Å²) < 4.78 is 0. The molecule has 2 aromatic rings. The Morgan fingerprint density at radius 2 is 1.50 bits per heavy atom. The number of halogens is 1. The first kappa shape index (κ1) is 15.7. The lowest BCUT2D eigenvalue weighted by molar-refractivity contribution is -0.255. The Morgan fingerprint density at radius 3 is 1.85 bits per heavy atom. The largest absolute Gasteiger partial charge is 0.545 e. The second-order valence-corrected chi connectivity index (χ2v) is 4.20. The van der Waals surface area contributed by atoms with Crippen LogP contribution in [0.3, 0.4) is 0 Å². The van der Waals surface area contributed by atoms with Gasteiger partial charge in [-0.15, -0.1) is 0 Å². The van der Waals surface area contributed by atoms with Crippen LogP contribution in [0.4, 0.5) is 5.69 Å². The molecule has 2 rings (SSSR count). The predicted molar refractivity (Wildman–Crippen MR) is 71.7 cm³/mol. The minimum absolute atomic E-state index is 0.252. The van der Waals surface area contributed by atoms with Crippen molar-refractivity contribution in [2.45, 2.75) is 0 Å². The zero-order chi connectivity index (χ0) is 15.1. The molecule has 2 aromatic carbocycles. The second kappa shape index (κ2) is 7.28. The van der Waals surface area contributed by atoms with E-state index in [1.165, 1.54) is 24.3 Å². The van der Waals surface area contributed by atoms with E-state index in [1.807, 2.05) is 24.3 Å². The summed E-state index contributed by atoms with van der Waals surface area (Å²) in [5.74, 6) is -2.75. The van der Waals surface area contributed by atoms with Crippen molar-refractivity contribution in [3.8, 4) is 0 Å². The molecule has 0 fully saturated rings. The minimum Gasteiger partial charge on any atom is -0.545 e. The minimum atomic E-state index is -1.48. The summed E-state index contributed by atoms with van der Waals surface area (Å²) in [7, 11) is 0. The van der Waals surface area contributed by atoms with Crippen LogP contribution < -0.4 is 10.8 Å². The SMILES string of the molecule is O=C([O-])c1ccccc1C(=O)O.[NH3+]c1ccc(Cl)cc1. The number of hydrogen-bond donors (Lipinski definition) is 2. The first-order valence-corrected chi connectivity index (χ1v) is 5.91. The Morgan fingerprint density at radius 1 is 1.00 bits per heavy atom. The van der Waals surface area contributed by atoms with E-state index in [0.29, 0.717) is 0 Å². The fourth-order valence-corrected chi connectivity index (χ4v) is 1.46. The molecule has 20 heavy (non-hydrogen) atoms. The van der Waals surface area contributed by atoms with E-state index in [-0.39, 0.29) is 11.1 Å². The molecule has 0 radical (unpaired) electrons. The fraction of sp³-hybridized carbons (Fsp3) is 0. The molecule has 0 aliphatic heterocycles. The summed E-state index contributed by atoms with van der Waals surface area (Å²) in [6.45, 7) is 0. The molecule has 104 valence electrons. The monoisotopic (exact) mass is 293 g/mol. The Labute approximate surface area is 120 Å². The van der Waals surface area contributed by atoms with Gasteiger partial charge in [0.25, 0.3) is 0 Å². The first-order chi connectivity index (χ1) is 9.41. The van der Waals surface area contributed by atoms with Gasteiger partial charge in [-0.3, -0.25) is 0 Å². The molecule has 4 N–H and O–H groups in total. The van der Waals surface area contributed by atoms with Crippen LogP contribution in [0.1, 0.15) is 20.7 Å². The Bertz CT molecular complexity index is 557. The average Bonchev–Trinajstić information content (AvgIpc) is 2.42. The number of rotatable bonds is 2. The third-order valence-electron chi connectivity index (χ3n) is 2.29. The van der Waals surface area contributed by atoms with E-state index < -0.39 is 11.9 Å². The molecule has 0 aromatic heterocycles. The van der Waals surface area contributed by atoms with Gasteiger partial charge in [0, 0.05) is 22.7 Å². The highest BCUT2D eigenvalue weighted by molar-refractivity contribution is 6.30. The van der Waals surface area contributed by atoms with Crippen LogP contribution in [0.25, 0.3) is 0 Å². The molecular formula is C14H12ClNO4. The Balaban J connectivity index is 0.000000217. The zero-order valence-electron chi connectivity index (χ0n) is 10.4. The van der Waals surface area contributed by atoms with Crippen LogP contribution in [-0.4, -0.2) is 17.0 Å². The van der Waals surface area contributed by atoms with Gasteiger partial charge >= 0.3 is 5.97 Å². The number of carbonyl (C=O) groups is 2. The standard InChI is InChI=1S/C8H6O4.C6H6ClN/c9-7(10)5-3-1-2-4-6(5)8(11)12;7-5-1-3-6(8)4-2-5/h1-4H,(H,9,10)(H,11,12);1-4H,8H2. The van der Waals surface area contributed by atoms with Gasteiger partial charge in [-0.05, 0) is 18.2 Å². The lowest BCUT2D eigenvalue weighted by Gasteiger charge is -2.04. The van der Waals surface area contributed by atoms with Gasteiger partial charge in [0.1, 0.15) is 5.69 Å². The molecule has 0 heterocycles. The third kappa shape index (κ3) is 4.72. The Kier molecular flexibility index (Phi) is 5.71. The molecule has 6 heteroatoms. The number of aromatic carboxylic acids is 2. The van der Waals surface area contributed by atoms with E-state index in [9.17, 15) is 14.7 Å². The van der Waals surface area contributed by atoms with Crippen LogP contribution in [0, 0.1) is 0 Å². The fourth-order valence-electron chi connectivity index (χ4n) is 1.33. The summed E-state index contributed by atoms with van der Waals surface area (Å²) in [6.07, 6.45) is 0. The predicted octanol–water partition coefficient (Wildman–Crippen LogP) is 0.962. The van der Waals surface area contributed by atoms with Crippen molar-refractivity contribution in [3.05, 3.63) is 64.7 Å². The van der Waals surface area contributed by atoms with Crippen molar-refractivity contribution >= 4 is 29.2 Å². The number of benzene rings is 2. The van der Waals surface area contributed by atoms with E-state index in [0.717, 1.165) is 10.7 Å². The van der Waals surface area contributed by atoms with Gasteiger partial charge in [0.05, 0.1) is 11.5 Å². The smallest absolute Gasteiger partial charge is 0.336 e. The maximum Gasteiger partial charge on any atom is 0.336 e. The van der Waals surface area contributed by atoms with Crippen LogP contribution in [0.2, 0.25) is 5.02 Å². The summed E-state index contributed by atoms with van der Waals surface area (Å²) in [5.41, 5.74) is 4.14. The molecule has 0 saturated heterocycles. The summed E-state index contributed by atoms with van der Waals surface area (Å²) in [6, 6.07) is 12.7. The maximum absolute atomic E-state index is 10.4. The second-order valence-electron chi connectivity index (χ2n) is 3.76. The van der Waals surface area contributed by atoms with E-state index >= 15 is 0 Å². The van der Waals surface area contributed by atoms with Gasteiger partial charge in [-0.25, -0.2) is 4.79 Å². The van der Waals surface area contributed by atoms with Crippen molar-refractivity contribution in [1.82, 2.24) is 0 Å². The number of hydrogen-bond acceptors (Lipinski definition) is 3. The number of carbonyl (C=O) groups excluding carboxylic acids is 1. The highest BCUT2D eigenvalue weighted by Gasteiger charge is 2.08. The number of quaternary nitrogens is 1. The van der Waals surface area contributed by atoms with E-state index in [4.69, 9.17) is 16.7 Å². The van der Waals surface area contributed by atoms with Crippen molar-refractivity contribution in [2.75, 3.05) is 0 Å². The third-order valence-corrected chi connectivity index (χ3v) is 2.54. The van der Waals surface area contributed by atoms with Gasteiger partial charge in [0.15, 0.2) is 0 Å². The lowest BCUT2D eigenvalue weighted by Crippen LogP contribution is -2.39. The average molecular weight is 294 g/mol. The summed E-state index contributed by atoms with van der Waals surface area (Å²) in [4.78, 5) is 20.8. The topological polar surface area (TPSA) is 105 Å². The quantitative estimate of drug-likeness (QED) is 0.860. The first-order valence-electron chi connectivity index (χ1n) is 5.53. The molecule has 0 aliphatic carbocycles. The van der Waals surface area contributed by atoms with Gasteiger partial charge in [-0.2, -0.15) is 0 Å². The van der Waals surface area contributed by atoms with Gasteiger partial charge in [0.2, 0.25) is 0 Å². The molecule has 0 saturated carbocycles. The van der Waals surface area contributed by atoms with Crippen molar-refractivity contribution in [2.24, 2.45) is 0 Å². The normalized spacial score (nSPS) is 9.30. The van der Waals surface area contributed by atoms with Crippen LogP contribution in [0.15, 0.2) is 48.5 Å². The van der Waals surface area contributed by atoms with Crippen LogP contribution >= 0.6 is 11.6 Å². The van der Waals surface area contributed by atoms with Crippen molar-refractivity contribution in [1.29, 1.82) is 0 Å². The molecule has 0 amide bonds. The molecule has 0 bridgehead atoms.